The fourth-order valence-electron chi connectivity index (χ4n) is 2.07. The molecular weight excluding hydrogens is 402 g/mol. The molecule has 11 nitrogen and oxygen atoms in total. The van der Waals surface area contributed by atoms with Crippen LogP contribution >= 0.6 is 0 Å². The van der Waals surface area contributed by atoms with E-state index in [1.165, 1.54) is 0 Å². The Morgan fingerprint density at radius 2 is 1.30 bits per heavy atom. The Hall–Kier alpha value is -2.73. The summed E-state index contributed by atoms with van der Waals surface area (Å²) in [5.74, 6) is -2.15. The van der Waals surface area contributed by atoms with Crippen molar-refractivity contribution in [2.24, 2.45) is 0 Å². The standard InChI is InChI=1S/C19H27NO10/c21-17(22)13-28-8-6-26-11-16(12-27-7-9-29-14-18(23)24)20-19(25)30-10-15-4-2-1-3-5-15/h1-5,16H,6-14H2,(H,20,25)(H,21,22)(H,23,24). The molecule has 30 heavy (non-hydrogen) atoms. The minimum atomic E-state index is -1.07. The third kappa shape index (κ3) is 14.3. The fourth-order valence-corrected chi connectivity index (χ4v) is 2.07. The van der Waals surface area contributed by atoms with Crippen LogP contribution in [0.1, 0.15) is 5.56 Å². The minimum absolute atomic E-state index is 0.0762. The quantitative estimate of drug-likeness (QED) is 0.299. The van der Waals surface area contributed by atoms with Gasteiger partial charge in [-0.1, -0.05) is 30.3 Å². The van der Waals surface area contributed by atoms with Gasteiger partial charge in [0.1, 0.15) is 19.8 Å². The van der Waals surface area contributed by atoms with Crippen molar-refractivity contribution >= 4 is 18.0 Å². The summed E-state index contributed by atoms with van der Waals surface area (Å²) in [5, 5.41) is 19.6. The van der Waals surface area contributed by atoms with Crippen LogP contribution in [0.5, 0.6) is 0 Å². The molecule has 0 saturated heterocycles. The van der Waals surface area contributed by atoms with Gasteiger partial charge in [0.05, 0.1) is 45.7 Å². The monoisotopic (exact) mass is 429 g/mol. The smallest absolute Gasteiger partial charge is 0.407 e. The van der Waals surface area contributed by atoms with Gasteiger partial charge in [-0.05, 0) is 5.56 Å². The van der Waals surface area contributed by atoms with E-state index in [0.717, 1.165) is 5.56 Å². The van der Waals surface area contributed by atoms with Crippen LogP contribution < -0.4 is 5.32 Å². The van der Waals surface area contributed by atoms with E-state index < -0.39 is 37.3 Å². The Kier molecular flexibility index (Phi) is 13.6. The zero-order valence-corrected chi connectivity index (χ0v) is 16.5. The molecule has 1 rings (SSSR count). The highest BCUT2D eigenvalue weighted by Gasteiger charge is 2.14. The zero-order valence-electron chi connectivity index (χ0n) is 16.5. The summed E-state index contributed by atoms with van der Waals surface area (Å²) in [4.78, 5) is 32.8. The Morgan fingerprint density at radius 3 is 1.80 bits per heavy atom. The number of benzene rings is 1. The van der Waals surface area contributed by atoms with Crippen LogP contribution in [0.15, 0.2) is 30.3 Å². The topological polar surface area (TPSA) is 150 Å². The van der Waals surface area contributed by atoms with Gasteiger partial charge in [-0.15, -0.1) is 0 Å². The molecule has 1 aromatic rings. The summed E-state index contributed by atoms with van der Waals surface area (Å²) < 4.78 is 25.6. The SMILES string of the molecule is O=C(O)COCCOCC(COCCOCC(=O)O)NC(=O)OCc1ccccc1. The predicted molar refractivity (Wildman–Crippen MR) is 102 cm³/mol. The van der Waals surface area contributed by atoms with Crippen molar-refractivity contribution in [1.82, 2.24) is 5.32 Å². The van der Waals surface area contributed by atoms with Crippen LogP contribution in [-0.2, 0) is 39.9 Å². The summed E-state index contributed by atoms with van der Waals surface area (Å²) in [5.41, 5.74) is 0.836. The number of aliphatic carboxylic acids is 2. The van der Waals surface area contributed by atoms with Crippen molar-refractivity contribution in [2.75, 3.05) is 52.9 Å². The lowest BCUT2D eigenvalue weighted by atomic mass is 10.2. The number of carbonyl (C=O) groups excluding carboxylic acids is 1. The van der Waals surface area contributed by atoms with Gasteiger partial charge in [0.15, 0.2) is 0 Å². The highest BCUT2D eigenvalue weighted by molar-refractivity contribution is 5.68. The second-order valence-electron chi connectivity index (χ2n) is 5.95. The highest BCUT2D eigenvalue weighted by atomic mass is 16.6. The normalized spacial score (nSPS) is 10.7. The van der Waals surface area contributed by atoms with Crippen LogP contribution in [0.4, 0.5) is 4.79 Å². The molecule has 0 aliphatic carbocycles. The average molecular weight is 429 g/mol. The lowest BCUT2D eigenvalue weighted by Crippen LogP contribution is -2.42. The number of hydrogen-bond donors (Lipinski definition) is 3. The highest BCUT2D eigenvalue weighted by Crippen LogP contribution is 2.01. The lowest BCUT2D eigenvalue weighted by Gasteiger charge is -2.19. The van der Waals surface area contributed by atoms with Crippen molar-refractivity contribution in [2.45, 2.75) is 12.6 Å². The van der Waals surface area contributed by atoms with E-state index in [-0.39, 0.29) is 46.2 Å². The minimum Gasteiger partial charge on any atom is -0.480 e. The Labute approximate surface area is 173 Å². The van der Waals surface area contributed by atoms with Gasteiger partial charge >= 0.3 is 18.0 Å². The van der Waals surface area contributed by atoms with Gasteiger partial charge in [0.25, 0.3) is 0 Å². The maximum absolute atomic E-state index is 12.0. The third-order valence-corrected chi connectivity index (χ3v) is 3.37. The van der Waals surface area contributed by atoms with Gasteiger partial charge in [0.2, 0.25) is 0 Å². The number of carbonyl (C=O) groups is 3. The molecule has 1 aromatic carbocycles. The van der Waals surface area contributed by atoms with E-state index in [4.69, 9.17) is 33.9 Å². The molecule has 11 heteroatoms. The molecule has 0 saturated carbocycles. The number of carboxylic acid groups (broad SMARTS) is 2. The molecule has 0 radical (unpaired) electrons. The summed E-state index contributed by atoms with van der Waals surface area (Å²) in [7, 11) is 0. The summed E-state index contributed by atoms with van der Waals surface area (Å²) in [6.07, 6.45) is -0.652. The molecule has 0 heterocycles. The maximum atomic E-state index is 12.0. The van der Waals surface area contributed by atoms with Crippen LogP contribution in [0.25, 0.3) is 0 Å². The fraction of sp³-hybridized carbons (Fsp3) is 0.526. The number of ether oxygens (including phenoxy) is 5. The number of alkyl carbamates (subject to hydrolysis) is 1. The van der Waals surface area contributed by atoms with E-state index in [2.05, 4.69) is 5.32 Å². The van der Waals surface area contributed by atoms with Crippen molar-refractivity contribution in [3.63, 3.8) is 0 Å². The van der Waals surface area contributed by atoms with Crippen molar-refractivity contribution in [3.05, 3.63) is 35.9 Å². The van der Waals surface area contributed by atoms with Gasteiger partial charge in [-0.2, -0.15) is 0 Å². The molecule has 3 N–H and O–H groups in total. The summed E-state index contributed by atoms with van der Waals surface area (Å²) in [6.45, 7) is -0.152. The average Bonchev–Trinajstić information content (AvgIpc) is 2.71. The molecule has 1 amide bonds. The molecule has 0 unspecified atom stereocenters. The molecule has 0 aliphatic rings. The van der Waals surface area contributed by atoms with E-state index in [1.807, 2.05) is 30.3 Å². The third-order valence-electron chi connectivity index (χ3n) is 3.37. The van der Waals surface area contributed by atoms with Gasteiger partial charge < -0.3 is 39.2 Å². The number of rotatable bonds is 17. The molecule has 0 fully saturated rings. The maximum Gasteiger partial charge on any atom is 0.407 e. The van der Waals surface area contributed by atoms with E-state index >= 15 is 0 Å². The molecule has 0 aliphatic heterocycles. The Morgan fingerprint density at radius 1 is 0.800 bits per heavy atom. The second kappa shape index (κ2) is 16.1. The first-order chi connectivity index (χ1) is 14.5. The van der Waals surface area contributed by atoms with E-state index in [9.17, 15) is 14.4 Å². The first-order valence-electron chi connectivity index (χ1n) is 9.19. The predicted octanol–water partition coefficient (Wildman–Crippen LogP) is 0.517. The van der Waals surface area contributed by atoms with Crippen molar-refractivity contribution < 1.29 is 48.3 Å². The first kappa shape index (κ1) is 25.3. The molecule has 168 valence electrons. The van der Waals surface area contributed by atoms with Crippen LogP contribution in [0.2, 0.25) is 0 Å². The summed E-state index contributed by atoms with van der Waals surface area (Å²) >= 11 is 0. The van der Waals surface area contributed by atoms with Crippen LogP contribution in [0, 0.1) is 0 Å². The van der Waals surface area contributed by atoms with Crippen molar-refractivity contribution in [1.29, 1.82) is 0 Å². The van der Waals surface area contributed by atoms with E-state index in [1.54, 1.807) is 0 Å². The number of nitrogens with one attached hydrogen (secondary N) is 1. The molecule has 0 bridgehead atoms. The Bertz CT molecular complexity index is 599. The zero-order chi connectivity index (χ0) is 22.0. The number of carboxylic acids is 2. The Balaban J connectivity index is 2.32. The first-order valence-corrected chi connectivity index (χ1v) is 9.19. The number of hydrogen-bond acceptors (Lipinski definition) is 8. The van der Waals surface area contributed by atoms with Crippen LogP contribution in [0.3, 0.4) is 0 Å². The van der Waals surface area contributed by atoms with Gasteiger partial charge in [-0.25, -0.2) is 14.4 Å². The van der Waals surface area contributed by atoms with Crippen LogP contribution in [-0.4, -0.2) is 87.1 Å². The summed E-state index contributed by atoms with van der Waals surface area (Å²) in [6, 6.07) is 8.62. The molecule has 0 aromatic heterocycles. The van der Waals surface area contributed by atoms with Crippen molar-refractivity contribution in [3.8, 4) is 0 Å². The number of amides is 1. The lowest BCUT2D eigenvalue weighted by molar-refractivity contribution is -0.143. The second-order valence-corrected chi connectivity index (χ2v) is 5.95. The largest absolute Gasteiger partial charge is 0.480 e. The molecular formula is C19H27NO10. The molecule has 0 spiro atoms. The van der Waals surface area contributed by atoms with Gasteiger partial charge in [-0.3, -0.25) is 0 Å². The van der Waals surface area contributed by atoms with Gasteiger partial charge in [0, 0.05) is 0 Å². The van der Waals surface area contributed by atoms with E-state index in [0.29, 0.717) is 0 Å². The molecule has 0 atom stereocenters.